The van der Waals surface area contributed by atoms with Crippen LogP contribution in [0, 0.1) is 13.8 Å². The summed E-state index contributed by atoms with van der Waals surface area (Å²) in [5.41, 5.74) is 3.69. The van der Waals surface area contributed by atoms with Gasteiger partial charge in [-0.05, 0) is 51.5 Å². The average Bonchev–Trinajstić information content (AvgIpc) is 2.92. The van der Waals surface area contributed by atoms with Crippen LogP contribution in [0.5, 0.6) is 5.75 Å². The number of aryl methyl sites for hydroxylation is 2. The van der Waals surface area contributed by atoms with Crippen LogP contribution in [-0.2, 0) is 6.54 Å². The number of nitrogens with zero attached hydrogens (tertiary/aromatic N) is 2. The molecule has 7 heteroatoms. The van der Waals surface area contributed by atoms with E-state index < -0.39 is 0 Å². The minimum absolute atomic E-state index is 0.00812. The molecule has 1 heterocycles. The first-order valence-electron chi connectivity index (χ1n) is 9.30. The molecule has 0 saturated heterocycles. The molecule has 0 bridgehead atoms. The Bertz CT molecular complexity index is 1030. The lowest BCUT2D eigenvalue weighted by Gasteiger charge is -2.12. The van der Waals surface area contributed by atoms with E-state index in [9.17, 15) is 4.79 Å². The number of halogens is 2. The summed E-state index contributed by atoms with van der Waals surface area (Å²) in [4.78, 5) is 12.8. The van der Waals surface area contributed by atoms with Gasteiger partial charge in [-0.25, -0.2) is 4.68 Å². The molecule has 1 aromatic heterocycles. The van der Waals surface area contributed by atoms with Crippen molar-refractivity contribution in [3.8, 4) is 5.75 Å². The number of ether oxygens (including phenoxy) is 1. The second-order valence-corrected chi connectivity index (χ2v) is 7.93. The number of hydrogen-bond acceptors (Lipinski definition) is 3. The molecule has 0 atom stereocenters. The van der Waals surface area contributed by atoms with Crippen LogP contribution in [0.2, 0.25) is 10.2 Å². The largest absolute Gasteiger partial charge is 0.489 e. The highest BCUT2D eigenvalue weighted by molar-refractivity contribution is 6.34. The van der Waals surface area contributed by atoms with Gasteiger partial charge in [0.2, 0.25) is 0 Å². The van der Waals surface area contributed by atoms with Crippen LogP contribution in [0.15, 0.2) is 42.5 Å². The smallest absolute Gasteiger partial charge is 0.260 e. The van der Waals surface area contributed by atoms with Gasteiger partial charge in [0, 0.05) is 5.69 Å². The molecular formula is C22H23Cl2N3O2. The third-order valence-electron chi connectivity index (χ3n) is 4.30. The molecule has 1 N–H and O–H groups in total. The van der Waals surface area contributed by atoms with Gasteiger partial charge in [0.1, 0.15) is 10.9 Å². The Hall–Kier alpha value is -2.50. The lowest BCUT2D eigenvalue weighted by atomic mass is 10.1. The van der Waals surface area contributed by atoms with Crippen molar-refractivity contribution in [3.05, 3.63) is 75.0 Å². The molecule has 29 heavy (non-hydrogen) atoms. The number of rotatable bonds is 6. The zero-order valence-corrected chi connectivity index (χ0v) is 18.3. The number of anilines is 1. The predicted octanol–water partition coefficient (Wildman–Crippen LogP) is 5.89. The first-order chi connectivity index (χ1) is 13.7. The maximum Gasteiger partial charge on any atom is 0.260 e. The van der Waals surface area contributed by atoms with Crippen LogP contribution in [0.4, 0.5) is 5.69 Å². The van der Waals surface area contributed by atoms with E-state index in [2.05, 4.69) is 10.4 Å². The van der Waals surface area contributed by atoms with Gasteiger partial charge in [-0.3, -0.25) is 4.79 Å². The van der Waals surface area contributed by atoms with Crippen molar-refractivity contribution < 1.29 is 9.53 Å². The summed E-state index contributed by atoms with van der Waals surface area (Å²) in [6.07, 6.45) is 0.00812. The van der Waals surface area contributed by atoms with E-state index in [-0.39, 0.29) is 12.0 Å². The van der Waals surface area contributed by atoms with Gasteiger partial charge in [0.05, 0.1) is 28.9 Å². The van der Waals surface area contributed by atoms with Gasteiger partial charge in [-0.2, -0.15) is 5.10 Å². The van der Waals surface area contributed by atoms with E-state index >= 15 is 0 Å². The van der Waals surface area contributed by atoms with Gasteiger partial charge >= 0.3 is 0 Å². The van der Waals surface area contributed by atoms with E-state index in [0.29, 0.717) is 39.4 Å². The third kappa shape index (κ3) is 5.11. The topological polar surface area (TPSA) is 56.2 Å². The number of carbonyl (C=O) groups excluding carboxylic acids is 1. The van der Waals surface area contributed by atoms with E-state index in [1.807, 2.05) is 45.0 Å². The third-order valence-corrected chi connectivity index (χ3v) is 4.98. The quantitative estimate of drug-likeness (QED) is 0.528. The fourth-order valence-electron chi connectivity index (χ4n) is 2.90. The van der Waals surface area contributed by atoms with Crippen molar-refractivity contribution in [2.24, 2.45) is 0 Å². The lowest BCUT2D eigenvalue weighted by Crippen LogP contribution is -2.13. The molecule has 2 aromatic carbocycles. The average molecular weight is 432 g/mol. The number of carbonyl (C=O) groups is 1. The minimum Gasteiger partial charge on any atom is -0.489 e. The highest BCUT2D eigenvalue weighted by Crippen LogP contribution is 2.29. The highest BCUT2D eigenvalue weighted by atomic mass is 35.5. The predicted molar refractivity (Wildman–Crippen MR) is 117 cm³/mol. The summed E-state index contributed by atoms with van der Waals surface area (Å²) in [7, 11) is 0. The molecule has 0 aliphatic heterocycles. The summed E-state index contributed by atoms with van der Waals surface area (Å²) in [5, 5.41) is 7.98. The number of hydrogen-bond donors (Lipinski definition) is 1. The van der Waals surface area contributed by atoms with Crippen molar-refractivity contribution >= 4 is 34.8 Å². The molecule has 0 saturated carbocycles. The molecule has 0 aliphatic carbocycles. The Kier molecular flexibility index (Phi) is 6.50. The first-order valence-corrected chi connectivity index (χ1v) is 10.1. The summed E-state index contributed by atoms with van der Waals surface area (Å²) in [6, 6.07) is 13.2. The standard InChI is InChI=1S/C22H23Cl2N3O2/c1-13(2)29-19-10-9-17(11-18(19)23)25-22(28)20-15(4)26-27(21(20)24)12-16-7-5-14(3)6-8-16/h5-11,13H,12H2,1-4H3,(H,25,28). The van der Waals surface area contributed by atoms with Crippen molar-refractivity contribution in [3.63, 3.8) is 0 Å². The Labute approximate surface area is 180 Å². The first kappa shape index (κ1) is 21.2. The SMILES string of the molecule is Cc1ccc(Cn2nc(C)c(C(=O)Nc3ccc(OC(C)C)c(Cl)c3)c2Cl)cc1. The second-order valence-electron chi connectivity index (χ2n) is 7.16. The van der Waals surface area contributed by atoms with Gasteiger partial charge in [0.15, 0.2) is 0 Å². The van der Waals surface area contributed by atoms with E-state index in [0.717, 1.165) is 5.56 Å². The van der Waals surface area contributed by atoms with Crippen LogP contribution < -0.4 is 10.1 Å². The molecule has 0 radical (unpaired) electrons. The zero-order valence-electron chi connectivity index (χ0n) is 16.8. The van der Waals surface area contributed by atoms with Crippen molar-refractivity contribution in [2.45, 2.75) is 40.3 Å². The fraction of sp³-hybridized carbons (Fsp3) is 0.273. The molecule has 0 spiro atoms. The molecule has 1 amide bonds. The molecule has 0 aliphatic rings. The number of amides is 1. The highest BCUT2D eigenvalue weighted by Gasteiger charge is 2.21. The van der Waals surface area contributed by atoms with E-state index in [1.54, 1.807) is 29.8 Å². The number of aromatic nitrogens is 2. The second kappa shape index (κ2) is 8.89. The molecule has 3 aromatic rings. The monoisotopic (exact) mass is 431 g/mol. The van der Waals surface area contributed by atoms with Crippen molar-refractivity contribution in [1.29, 1.82) is 0 Å². The number of nitrogens with one attached hydrogen (secondary N) is 1. The van der Waals surface area contributed by atoms with Crippen LogP contribution in [0.3, 0.4) is 0 Å². The molecule has 0 unspecified atom stereocenters. The minimum atomic E-state index is -0.337. The lowest BCUT2D eigenvalue weighted by molar-refractivity contribution is 0.102. The summed E-state index contributed by atoms with van der Waals surface area (Å²) < 4.78 is 7.24. The Morgan fingerprint density at radius 3 is 2.45 bits per heavy atom. The van der Waals surface area contributed by atoms with E-state index in [4.69, 9.17) is 27.9 Å². The fourth-order valence-corrected chi connectivity index (χ4v) is 3.45. The molecule has 152 valence electrons. The van der Waals surface area contributed by atoms with Crippen LogP contribution in [0.25, 0.3) is 0 Å². The Morgan fingerprint density at radius 2 is 1.83 bits per heavy atom. The molecule has 0 fully saturated rings. The Balaban J connectivity index is 1.78. The summed E-state index contributed by atoms with van der Waals surface area (Å²) >= 11 is 12.7. The zero-order chi connectivity index (χ0) is 21.1. The Morgan fingerprint density at radius 1 is 1.14 bits per heavy atom. The number of benzene rings is 2. The van der Waals surface area contributed by atoms with E-state index in [1.165, 1.54) is 5.56 Å². The van der Waals surface area contributed by atoms with Gasteiger partial charge in [-0.15, -0.1) is 0 Å². The molecule has 3 rings (SSSR count). The van der Waals surface area contributed by atoms with Crippen LogP contribution in [0.1, 0.15) is 41.0 Å². The van der Waals surface area contributed by atoms with Gasteiger partial charge in [0.25, 0.3) is 5.91 Å². The maximum atomic E-state index is 12.8. The van der Waals surface area contributed by atoms with Gasteiger partial charge < -0.3 is 10.1 Å². The molecule has 5 nitrogen and oxygen atoms in total. The normalized spacial score (nSPS) is 11.0. The molecular weight excluding hydrogens is 409 g/mol. The summed E-state index contributed by atoms with van der Waals surface area (Å²) in [6.45, 7) is 8.13. The van der Waals surface area contributed by atoms with Gasteiger partial charge in [-0.1, -0.05) is 53.0 Å². The summed E-state index contributed by atoms with van der Waals surface area (Å²) in [5.74, 6) is 0.232. The maximum absolute atomic E-state index is 12.8. The van der Waals surface area contributed by atoms with Crippen molar-refractivity contribution in [1.82, 2.24) is 9.78 Å². The van der Waals surface area contributed by atoms with Crippen LogP contribution >= 0.6 is 23.2 Å². The van der Waals surface area contributed by atoms with Crippen molar-refractivity contribution in [2.75, 3.05) is 5.32 Å². The van der Waals surface area contributed by atoms with Crippen LogP contribution in [-0.4, -0.2) is 21.8 Å².